The summed E-state index contributed by atoms with van der Waals surface area (Å²) in [7, 11) is -2.56. The zero-order valence-electron chi connectivity index (χ0n) is 19.7. The second-order valence-corrected chi connectivity index (χ2v) is 10.7. The highest BCUT2D eigenvalue weighted by atomic mass is 35.5. The minimum absolute atomic E-state index is 0.0369. The summed E-state index contributed by atoms with van der Waals surface area (Å²) in [6.45, 7) is 7.24. The molecule has 0 saturated carbocycles. The second kappa shape index (κ2) is 11.6. The number of nitrogens with zero attached hydrogens (tertiary/aromatic N) is 2. The Kier molecular flexibility index (Phi) is 9.46. The van der Waals surface area contributed by atoms with Gasteiger partial charge >= 0.3 is 0 Å². The Labute approximate surface area is 201 Å². The largest absolute Gasteiger partial charge is 0.352 e. The molecule has 2 aromatic carbocycles. The smallest absolute Gasteiger partial charge is 0.243 e. The van der Waals surface area contributed by atoms with Crippen molar-refractivity contribution in [3.63, 3.8) is 0 Å². The van der Waals surface area contributed by atoms with Crippen LogP contribution in [-0.4, -0.2) is 55.1 Å². The van der Waals surface area contributed by atoms with Crippen molar-refractivity contribution >= 4 is 33.4 Å². The molecule has 9 heteroatoms. The summed E-state index contributed by atoms with van der Waals surface area (Å²) in [5, 5.41) is 3.31. The first-order valence-corrected chi connectivity index (χ1v) is 12.6. The zero-order valence-corrected chi connectivity index (χ0v) is 21.3. The highest BCUT2D eigenvalue weighted by Crippen LogP contribution is 2.18. The molecule has 2 atom stereocenters. The fourth-order valence-corrected chi connectivity index (χ4v) is 4.34. The van der Waals surface area contributed by atoms with E-state index >= 15 is 0 Å². The lowest BCUT2D eigenvalue weighted by Gasteiger charge is -2.31. The molecule has 0 unspecified atom stereocenters. The van der Waals surface area contributed by atoms with Gasteiger partial charge in [0.2, 0.25) is 21.8 Å². The van der Waals surface area contributed by atoms with Gasteiger partial charge in [0.15, 0.2) is 0 Å². The lowest BCUT2D eigenvalue weighted by atomic mass is 10.1. The number of amides is 2. The molecule has 2 rings (SSSR count). The first kappa shape index (κ1) is 26.8. The van der Waals surface area contributed by atoms with Crippen LogP contribution in [-0.2, 0) is 26.2 Å². The van der Waals surface area contributed by atoms with Crippen molar-refractivity contribution in [1.29, 1.82) is 0 Å². The molecule has 1 N–H and O–H groups in total. The van der Waals surface area contributed by atoms with Crippen LogP contribution < -0.4 is 5.32 Å². The summed E-state index contributed by atoms with van der Waals surface area (Å²) >= 11 is 5.86. The van der Waals surface area contributed by atoms with E-state index in [1.807, 2.05) is 45.0 Å². The van der Waals surface area contributed by atoms with E-state index in [4.69, 9.17) is 11.6 Å². The van der Waals surface area contributed by atoms with Crippen LogP contribution in [0.15, 0.2) is 53.4 Å². The number of halogens is 1. The number of aryl methyl sites for hydroxylation is 1. The Hall–Kier alpha value is -2.42. The van der Waals surface area contributed by atoms with Crippen molar-refractivity contribution in [3.8, 4) is 0 Å². The van der Waals surface area contributed by atoms with Gasteiger partial charge in [0.1, 0.15) is 6.04 Å². The van der Waals surface area contributed by atoms with Crippen LogP contribution in [0.5, 0.6) is 0 Å². The van der Waals surface area contributed by atoms with E-state index in [-0.39, 0.29) is 23.4 Å². The number of carbonyl (C=O) groups excluding carboxylic acids is 2. The van der Waals surface area contributed by atoms with Crippen LogP contribution in [0.3, 0.4) is 0 Å². The molecule has 0 aliphatic carbocycles. The van der Waals surface area contributed by atoms with Gasteiger partial charge in [-0.05, 0) is 57.0 Å². The standard InChI is InChI=1S/C24H32ClN3O4S/c1-6-18(3)26-24(30)19(4)28(15-20-9-7-17(2)8-10-20)23(29)16-27(5)33(31,32)22-13-11-21(25)12-14-22/h7-14,18-19H,6,15-16H2,1-5H3,(H,26,30)/t18-,19-/m0/s1. The Morgan fingerprint density at radius 1 is 1.03 bits per heavy atom. The van der Waals surface area contributed by atoms with E-state index < -0.39 is 28.5 Å². The van der Waals surface area contributed by atoms with E-state index in [9.17, 15) is 18.0 Å². The van der Waals surface area contributed by atoms with Crippen LogP contribution in [0, 0.1) is 6.92 Å². The molecule has 0 bridgehead atoms. The molecule has 33 heavy (non-hydrogen) atoms. The normalized spacial score (nSPS) is 13.4. The zero-order chi connectivity index (χ0) is 24.8. The summed E-state index contributed by atoms with van der Waals surface area (Å²) in [6, 6.07) is 12.6. The van der Waals surface area contributed by atoms with Gasteiger partial charge in [0.05, 0.1) is 11.4 Å². The minimum atomic E-state index is -3.91. The van der Waals surface area contributed by atoms with E-state index in [0.717, 1.165) is 21.9 Å². The molecule has 7 nitrogen and oxygen atoms in total. The van der Waals surface area contributed by atoms with Crippen molar-refractivity contribution in [2.24, 2.45) is 0 Å². The van der Waals surface area contributed by atoms with Crippen molar-refractivity contribution in [2.75, 3.05) is 13.6 Å². The van der Waals surface area contributed by atoms with Gasteiger partial charge < -0.3 is 10.2 Å². The molecule has 0 saturated heterocycles. The summed E-state index contributed by atoms with van der Waals surface area (Å²) < 4.78 is 26.8. The molecule has 180 valence electrons. The Balaban J connectivity index is 2.26. The Morgan fingerprint density at radius 3 is 2.15 bits per heavy atom. The average molecular weight is 494 g/mol. The number of rotatable bonds is 10. The third-order valence-corrected chi connectivity index (χ3v) is 7.59. The highest BCUT2D eigenvalue weighted by Gasteiger charge is 2.30. The van der Waals surface area contributed by atoms with Crippen molar-refractivity contribution in [3.05, 3.63) is 64.7 Å². The maximum absolute atomic E-state index is 13.3. The summed E-state index contributed by atoms with van der Waals surface area (Å²) in [4.78, 5) is 27.5. The third kappa shape index (κ3) is 7.28. The van der Waals surface area contributed by atoms with Crippen molar-refractivity contribution in [2.45, 2.75) is 57.6 Å². The van der Waals surface area contributed by atoms with Gasteiger partial charge in [0.25, 0.3) is 0 Å². The number of carbonyl (C=O) groups is 2. The minimum Gasteiger partial charge on any atom is -0.352 e. The molecule has 0 radical (unpaired) electrons. The van der Waals surface area contributed by atoms with Crippen LogP contribution in [0.25, 0.3) is 0 Å². The van der Waals surface area contributed by atoms with Crippen LogP contribution in [0.2, 0.25) is 5.02 Å². The fraction of sp³-hybridized carbons (Fsp3) is 0.417. The molecule has 2 aromatic rings. The summed E-state index contributed by atoms with van der Waals surface area (Å²) in [5.41, 5.74) is 1.92. The lowest BCUT2D eigenvalue weighted by molar-refractivity contribution is -0.140. The molecule has 0 fully saturated rings. The van der Waals surface area contributed by atoms with E-state index in [2.05, 4.69) is 5.32 Å². The predicted octanol–water partition coefficient (Wildman–Crippen LogP) is 3.60. The molecular weight excluding hydrogens is 462 g/mol. The van der Waals surface area contributed by atoms with Crippen LogP contribution in [0.1, 0.15) is 38.3 Å². The predicted molar refractivity (Wildman–Crippen MR) is 130 cm³/mol. The van der Waals surface area contributed by atoms with Gasteiger partial charge in [0, 0.05) is 24.7 Å². The quantitative estimate of drug-likeness (QED) is 0.547. The van der Waals surface area contributed by atoms with Gasteiger partial charge in [-0.1, -0.05) is 48.4 Å². The Morgan fingerprint density at radius 2 is 1.61 bits per heavy atom. The van der Waals surface area contributed by atoms with Crippen LogP contribution >= 0.6 is 11.6 Å². The Bertz CT molecular complexity index is 1060. The van der Waals surface area contributed by atoms with Gasteiger partial charge in [-0.2, -0.15) is 4.31 Å². The maximum atomic E-state index is 13.3. The molecular formula is C24H32ClN3O4S. The number of sulfonamides is 1. The molecule has 0 aromatic heterocycles. The molecule has 2 amide bonds. The highest BCUT2D eigenvalue weighted by molar-refractivity contribution is 7.89. The van der Waals surface area contributed by atoms with E-state index in [1.54, 1.807) is 6.92 Å². The van der Waals surface area contributed by atoms with Gasteiger partial charge in [-0.3, -0.25) is 9.59 Å². The first-order valence-electron chi connectivity index (χ1n) is 10.8. The molecule has 0 aliphatic rings. The van der Waals surface area contributed by atoms with Crippen LogP contribution in [0.4, 0.5) is 0 Å². The SMILES string of the molecule is CC[C@H](C)NC(=O)[C@H](C)N(Cc1ccc(C)cc1)C(=O)CN(C)S(=O)(=O)c1ccc(Cl)cc1. The second-order valence-electron chi connectivity index (χ2n) is 8.22. The number of nitrogens with one attached hydrogen (secondary N) is 1. The number of hydrogen-bond donors (Lipinski definition) is 1. The van der Waals surface area contributed by atoms with Gasteiger partial charge in [-0.15, -0.1) is 0 Å². The topological polar surface area (TPSA) is 86.8 Å². The lowest BCUT2D eigenvalue weighted by Crippen LogP contribution is -2.51. The van der Waals surface area contributed by atoms with Crippen molar-refractivity contribution < 1.29 is 18.0 Å². The number of hydrogen-bond acceptors (Lipinski definition) is 4. The van der Waals surface area contributed by atoms with Gasteiger partial charge in [-0.25, -0.2) is 8.42 Å². The maximum Gasteiger partial charge on any atom is 0.243 e. The van der Waals surface area contributed by atoms with Crippen molar-refractivity contribution in [1.82, 2.24) is 14.5 Å². The van der Waals surface area contributed by atoms with E-state index in [1.165, 1.54) is 36.2 Å². The van der Waals surface area contributed by atoms with E-state index in [0.29, 0.717) is 5.02 Å². The average Bonchev–Trinajstić information content (AvgIpc) is 2.78. The summed E-state index contributed by atoms with van der Waals surface area (Å²) in [5.74, 6) is -0.754. The number of likely N-dealkylation sites (N-methyl/N-ethyl adjacent to an activating group) is 1. The molecule has 0 spiro atoms. The monoisotopic (exact) mass is 493 g/mol. The third-order valence-electron chi connectivity index (χ3n) is 5.52. The summed E-state index contributed by atoms with van der Waals surface area (Å²) in [6.07, 6.45) is 0.756. The first-order chi connectivity index (χ1) is 15.4. The number of benzene rings is 2. The fourth-order valence-electron chi connectivity index (χ4n) is 3.09. The molecule has 0 heterocycles. The molecule has 0 aliphatic heterocycles.